The lowest BCUT2D eigenvalue weighted by molar-refractivity contribution is -0.686. The summed E-state index contributed by atoms with van der Waals surface area (Å²) in [6.07, 6.45) is 3.02. The zero-order valence-corrected chi connectivity index (χ0v) is 20.7. The number of fused-ring (bicyclic) bond motifs is 6. The van der Waals surface area contributed by atoms with Crippen LogP contribution >= 0.6 is 0 Å². The molecule has 0 saturated heterocycles. The molecule has 4 aromatic carbocycles. The van der Waals surface area contributed by atoms with Crippen LogP contribution in [0.2, 0.25) is 0 Å². The van der Waals surface area contributed by atoms with Crippen LogP contribution in [0.15, 0.2) is 72.9 Å². The van der Waals surface area contributed by atoms with E-state index in [0.717, 1.165) is 57.8 Å². The van der Waals surface area contributed by atoms with Gasteiger partial charge >= 0.3 is 0 Å². The van der Waals surface area contributed by atoms with Crippen LogP contribution in [0.4, 0.5) is 0 Å². The van der Waals surface area contributed by atoms with E-state index in [4.69, 9.17) is 23.7 Å². The first-order valence-corrected chi connectivity index (χ1v) is 12.4. The van der Waals surface area contributed by atoms with Crippen LogP contribution in [0.25, 0.3) is 32.8 Å². The van der Waals surface area contributed by atoms with E-state index >= 15 is 0 Å². The van der Waals surface area contributed by atoms with Crippen LogP contribution in [0.1, 0.15) is 11.1 Å². The maximum Gasteiger partial charge on any atom is 0.256 e. The lowest BCUT2D eigenvalue weighted by atomic mass is 9.94. The fourth-order valence-corrected chi connectivity index (χ4v) is 5.49. The monoisotopic (exact) mass is 492 g/mol. The third kappa shape index (κ3) is 3.51. The average Bonchev–Trinajstić information content (AvgIpc) is 3.40. The van der Waals surface area contributed by atoms with Gasteiger partial charge < -0.3 is 23.7 Å². The summed E-state index contributed by atoms with van der Waals surface area (Å²) in [4.78, 5) is 0. The number of aromatic nitrogens is 1. The van der Waals surface area contributed by atoms with E-state index < -0.39 is 0 Å². The molecule has 6 nitrogen and oxygen atoms in total. The van der Waals surface area contributed by atoms with Crippen molar-refractivity contribution in [1.82, 2.24) is 0 Å². The largest absolute Gasteiger partial charge is 0.493 e. The first-order chi connectivity index (χ1) is 18.2. The molecule has 2 aliphatic rings. The zero-order chi connectivity index (χ0) is 24.9. The molecule has 3 heterocycles. The second kappa shape index (κ2) is 8.59. The second-order valence-corrected chi connectivity index (χ2v) is 9.35. The lowest BCUT2D eigenvalue weighted by Gasteiger charge is -2.21. The zero-order valence-electron chi connectivity index (χ0n) is 20.7. The SMILES string of the molecule is COc1ccc2c(OCc3ccc4ccccc4c3)c3[n+](cc2c1OC)CCc1cc2c(cc1-3)OCO2. The number of nitrogens with zero attached hydrogens (tertiary/aromatic N) is 1. The van der Waals surface area contributed by atoms with E-state index in [1.165, 1.54) is 16.3 Å². The summed E-state index contributed by atoms with van der Waals surface area (Å²) in [6.45, 7) is 1.49. The van der Waals surface area contributed by atoms with E-state index in [1.807, 2.05) is 6.07 Å². The molecule has 0 spiro atoms. The third-order valence-corrected chi connectivity index (χ3v) is 7.29. The van der Waals surface area contributed by atoms with Gasteiger partial charge in [-0.3, -0.25) is 0 Å². The number of ether oxygens (including phenoxy) is 5. The van der Waals surface area contributed by atoms with Crippen LogP contribution in [0.5, 0.6) is 28.7 Å². The van der Waals surface area contributed by atoms with Crippen LogP contribution in [-0.4, -0.2) is 21.0 Å². The fourth-order valence-electron chi connectivity index (χ4n) is 5.49. The highest BCUT2D eigenvalue weighted by Gasteiger charge is 2.33. The van der Waals surface area contributed by atoms with Crippen molar-refractivity contribution in [3.05, 3.63) is 84.1 Å². The average molecular weight is 493 g/mol. The standard InChI is InChI=1S/C31H26NO5/c1-33-26-10-9-23-25(30(26)34-2)16-32-12-11-22-14-27-28(37-18-36-27)15-24(22)29(32)31(23)35-17-19-7-8-20-5-3-4-6-21(20)13-19/h3-10,13-16H,11-12,17-18H2,1-2H3/q+1. The highest BCUT2D eigenvalue weighted by atomic mass is 16.7. The molecule has 0 unspecified atom stereocenters. The molecule has 1 aromatic heterocycles. The topological polar surface area (TPSA) is 50.0 Å². The molecule has 184 valence electrons. The number of pyridine rings is 1. The lowest BCUT2D eigenvalue weighted by Crippen LogP contribution is -2.40. The first kappa shape index (κ1) is 21.8. The highest BCUT2D eigenvalue weighted by Crippen LogP contribution is 2.46. The number of rotatable bonds is 5. The third-order valence-electron chi connectivity index (χ3n) is 7.29. The Labute approximate surface area is 214 Å². The minimum Gasteiger partial charge on any atom is -0.493 e. The summed E-state index contributed by atoms with van der Waals surface area (Å²) in [6, 6.07) is 23.0. The number of benzene rings is 4. The molecule has 37 heavy (non-hydrogen) atoms. The van der Waals surface area contributed by atoms with Gasteiger partial charge in [-0.2, -0.15) is 4.57 Å². The van der Waals surface area contributed by atoms with Crippen LogP contribution < -0.4 is 28.3 Å². The molecular formula is C31H26NO5+. The van der Waals surface area contributed by atoms with Crippen molar-refractivity contribution in [1.29, 1.82) is 0 Å². The summed E-state index contributed by atoms with van der Waals surface area (Å²) in [7, 11) is 3.33. The van der Waals surface area contributed by atoms with E-state index in [1.54, 1.807) is 14.2 Å². The molecular weight excluding hydrogens is 466 g/mol. The predicted octanol–water partition coefficient (Wildman–Crippen LogP) is 5.83. The van der Waals surface area contributed by atoms with Gasteiger partial charge in [0.25, 0.3) is 5.69 Å². The summed E-state index contributed by atoms with van der Waals surface area (Å²) in [5, 5.41) is 4.33. The second-order valence-electron chi connectivity index (χ2n) is 9.35. The summed E-state index contributed by atoms with van der Waals surface area (Å²) in [5.74, 6) is 3.77. The van der Waals surface area contributed by atoms with Crippen molar-refractivity contribution >= 4 is 21.5 Å². The minimum absolute atomic E-state index is 0.248. The number of aryl methyl sites for hydroxylation is 2. The molecule has 5 aromatic rings. The van der Waals surface area contributed by atoms with Crippen LogP contribution in [0.3, 0.4) is 0 Å². The fraction of sp³-hybridized carbons (Fsp3) is 0.194. The van der Waals surface area contributed by atoms with Gasteiger partial charge in [0.2, 0.25) is 6.79 Å². The van der Waals surface area contributed by atoms with Gasteiger partial charge in [0.15, 0.2) is 41.5 Å². The van der Waals surface area contributed by atoms with E-state index in [-0.39, 0.29) is 6.79 Å². The normalized spacial score (nSPS) is 13.4. The Bertz CT molecular complexity index is 1690. The van der Waals surface area contributed by atoms with E-state index in [9.17, 15) is 0 Å². The molecule has 7 rings (SSSR count). The summed E-state index contributed by atoms with van der Waals surface area (Å²) < 4.78 is 31.8. The number of hydrogen-bond donors (Lipinski definition) is 0. The molecule has 6 heteroatoms. The smallest absolute Gasteiger partial charge is 0.256 e. The molecule has 0 fully saturated rings. The van der Waals surface area contributed by atoms with Gasteiger partial charge in [-0.25, -0.2) is 0 Å². The van der Waals surface area contributed by atoms with Crippen molar-refractivity contribution in [3.8, 4) is 40.0 Å². The maximum atomic E-state index is 6.71. The Hall–Kier alpha value is -4.45. The van der Waals surface area contributed by atoms with Gasteiger partial charge in [0.05, 0.1) is 25.2 Å². The van der Waals surface area contributed by atoms with Gasteiger partial charge in [-0.15, -0.1) is 0 Å². The first-order valence-electron chi connectivity index (χ1n) is 12.4. The number of hydrogen-bond acceptors (Lipinski definition) is 5. The molecule has 0 N–H and O–H groups in total. The molecule has 0 radical (unpaired) electrons. The Morgan fingerprint density at radius 1 is 0.811 bits per heavy atom. The Morgan fingerprint density at radius 3 is 2.49 bits per heavy atom. The highest BCUT2D eigenvalue weighted by molar-refractivity contribution is 5.97. The minimum atomic E-state index is 0.248. The van der Waals surface area contributed by atoms with Crippen molar-refractivity contribution in [3.63, 3.8) is 0 Å². The van der Waals surface area contributed by atoms with Crippen molar-refractivity contribution in [2.45, 2.75) is 19.6 Å². The predicted molar refractivity (Wildman–Crippen MR) is 141 cm³/mol. The Balaban J connectivity index is 1.42. The van der Waals surface area contributed by atoms with E-state index in [2.05, 4.69) is 71.4 Å². The molecule has 0 bridgehead atoms. The summed E-state index contributed by atoms with van der Waals surface area (Å²) >= 11 is 0. The molecule has 0 atom stereocenters. The maximum absolute atomic E-state index is 6.71. The molecule has 0 aliphatic carbocycles. The van der Waals surface area contributed by atoms with Crippen LogP contribution in [-0.2, 0) is 19.6 Å². The summed E-state index contributed by atoms with van der Waals surface area (Å²) in [5.41, 5.74) is 4.46. The Morgan fingerprint density at radius 2 is 1.65 bits per heavy atom. The van der Waals surface area contributed by atoms with Crippen LogP contribution in [0, 0.1) is 0 Å². The van der Waals surface area contributed by atoms with Crippen molar-refractivity contribution in [2.24, 2.45) is 0 Å². The Kier molecular flexibility index (Phi) is 5.06. The quantitative estimate of drug-likeness (QED) is 0.289. The molecule has 0 saturated carbocycles. The number of methoxy groups -OCH3 is 2. The van der Waals surface area contributed by atoms with Gasteiger partial charge in [-0.05, 0) is 52.2 Å². The van der Waals surface area contributed by atoms with Gasteiger partial charge in [0, 0.05) is 11.8 Å². The van der Waals surface area contributed by atoms with Crippen molar-refractivity contribution < 1.29 is 28.3 Å². The van der Waals surface area contributed by atoms with Gasteiger partial charge in [0.1, 0.15) is 6.61 Å². The van der Waals surface area contributed by atoms with Crippen molar-refractivity contribution in [2.75, 3.05) is 21.0 Å². The van der Waals surface area contributed by atoms with Gasteiger partial charge in [-0.1, -0.05) is 36.4 Å². The molecule has 2 aliphatic heterocycles. The molecule has 0 amide bonds. The van der Waals surface area contributed by atoms with E-state index in [0.29, 0.717) is 18.1 Å².